The predicted molar refractivity (Wildman–Crippen MR) is 128 cm³/mol. The molecule has 168 valence electrons. The van der Waals surface area contributed by atoms with E-state index < -0.39 is 0 Å². The summed E-state index contributed by atoms with van der Waals surface area (Å²) in [5.41, 5.74) is 1.70. The molecule has 1 heterocycles. The lowest BCUT2D eigenvalue weighted by molar-refractivity contribution is -0.117. The number of carbonyl (C=O) groups excluding carboxylic acids is 1. The molecular weight excluding hydrogens is 435 g/mol. The van der Waals surface area contributed by atoms with Gasteiger partial charge in [-0.05, 0) is 57.9 Å². The van der Waals surface area contributed by atoms with E-state index in [9.17, 15) is 4.79 Å². The number of amides is 1. The van der Waals surface area contributed by atoms with Crippen LogP contribution in [0.2, 0.25) is 10.0 Å². The van der Waals surface area contributed by atoms with Crippen molar-refractivity contribution >= 4 is 46.6 Å². The Morgan fingerprint density at radius 2 is 1.84 bits per heavy atom. The maximum absolute atomic E-state index is 12.4. The van der Waals surface area contributed by atoms with Crippen LogP contribution in [-0.2, 0) is 4.79 Å². The van der Waals surface area contributed by atoms with Crippen LogP contribution in [0, 0.1) is 6.92 Å². The Morgan fingerprint density at radius 1 is 1.13 bits per heavy atom. The van der Waals surface area contributed by atoms with Gasteiger partial charge in [-0.2, -0.15) is 4.98 Å². The third-order valence-corrected chi connectivity index (χ3v) is 6.36. The van der Waals surface area contributed by atoms with Crippen molar-refractivity contribution in [2.45, 2.75) is 44.7 Å². The van der Waals surface area contributed by atoms with Gasteiger partial charge in [0, 0.05) is 43.6 Å². The topological polar surface area (TPSA) is 73.4 Å². The number of halogens is 2. The average molecular weight is 465 g/mol. The van der Waals surface area contributed by atoms with Gasteiger partial charge in [-0.3, -0.25) is 9.69 Å². The van der Waals surface area contributed by atoms with E-state index in [0.717, 1.165) is 37.1 Å². The molecule has 0 bridgehead atoms. The third-order valence-electron chi connectivity index (χ3n) is 5.62. The lowest BCUT2D eigenvalue weighted by Gasteiger charge is -2.34. The number of rotatable bonds is 7. The maximum Gasteiger partial charge on any atom is 0.238 e. The van der Waals surface area contributed by atoms with E-state index in [-0.39, 0.29) is 5.91 Å². The van der Waals surface area contributed by atoms with Crippen LogP contribution in [0.15, 0.2) is 24.4 Å². The van der Waals surface area contributed by atoms with Crippen molar-refractivity contribution in [3.05, 3.63) is 40.0 Å². The van der Waals surface area contributed by atoms with Crippen LogP contribution in [-0.4, -0.2) is 60.5 Å². The molecule has 0 unspecified atom stereocenters. The monoisotopic (exact) mass is 464 g/mol. The number of carbonyl (C=O) groups is 1. The molecule has 31 heavy (non-hydrogen) atoms. The minimum absolute atomic E-state index is 0.0644. The van der Waals surface area contributed by atoms with Crippen molar-refractivity contribution in [3.8, 4) is 0 Å². The summed E-state index contributed by atoms with van der Waals surface area (Å²) in [5.74, 6) is 1.54. The van der Waals surface area contributed by atoms with E-state index in [2.05, 4.69) is 25.5 Å². The van der Waals surface area contributed by atoms with Crippen LogP contribution < -0.4 is 15.5 Å². The van der Waals surface area contributed by atoms with E-state index in [0.29, 0.717) is 40.3 Å². The standard InChI is InChI=1S/C22H30Cl2N6O/c1-14-12-25-22(28-21(14)29(2)3)27-15-5-8-17(9-6-15)30(4)13-20(31)26-16-7-10-18(23)19(24)11-16/h7,10-12,15,17H,5-6,8-9,13H2,1-4H3,(H,26,31)(H,25,27,28)/t15-,17+. The molecule has 0 aliphatic heterocycles. The molecule has 1 aliphatic carbocycles. The fraction of sp³-hybridized carbons (Fsp3) is 0.500. The molecule has 1 saturated carbocycles. The summed E-state index contributed by atoms with van der Waals surface area (Å²) in [6, 6.07) is 5.79. The molecule has 1 fully saturated rings. The highest BCUT2D eigenvalue weighted by Crippen LogP contribution is 2.26. The number of anilines is 3. The van der Waals surface area contributed by atoms with Crippen molar-refractivity contribution in [2.24, 2.45) is 0 Å². The number of nitrogens with one attached hydrogen (secondary N) is 2. The van der Waals surface area contributed by atoms with Crippen LogP contribution >= 0.6 is 23.2 Å². The Bertz CT molecular complexity index is 915. The van der Waals surface area contributed by atoms with Gasteiger partial charge >= 0.3 is 0 Å². The number of hydrogen-bond acceptors (Lipinski definition) is 6. The number of nitrogens with zero attached hydrogens (tertiary/aromatic N) is 4. The fourth-order valence-corrected chi connectivity index (χ4v) is 4.23. The van der Waals surface area contributed by atoms with Crippen molar-refractivity contribution in [3.63, 3.8) is 0 Å². The minimum Gasteiger partial charge on any atom is -0.362 e. The van der Waals surface area contributed by atoms with E-state index >= 15 is 0 Å². The molecule has 3 rings (SSSR count). The Balaban J connectivity index is 1.47. The van der Waals surface area contributed by atoms with Crippen molar-refractivity contribution < 1.29 is 4.79 Å². The molecule has 0 saturated heterocycles. The number of likely N-dealkylation sites (N-methyl/N-ethyl adjacent to an activating group) is 1. The highest BCUT2D eigenvalue weighted by molar-refractivity contribution is 6.42. The average Bonchev–Trinajstić information content (AvgIpc) is 2.72. The highest BCUT2D eigenvalue weighted by Gasteiger charge is 2.25. The zero-order valence-corrected chi connectivity index (χ0v) is 20.0. The normalized spacial score (nSPS) is 18.7. The van der Waals surface area contributed by atoms with E-state index in [1.807, 2.05) is 39.2 Å². The summed E-state index contributed by atoms with van der Waals surface area (Å²) in [7, 11) is 5.97. The smallest absolute Gasteiger partial charge is 0.238 e. The van der Waals surface area contributed by atoms with E-state index in [1.54, 1.807) is 18.2 Å². The molecule has 2 N–H and O–H groups in total. The Morgan fingerprint density at radius 3 is 2.48 bits per heavy atom. The zero-order chi connectivity index (χ0) is 22.5. The second-order valence-electron chi connectivity index (χ2n) is 8.34. The minimum atomic E-state index is -0.0644. The van der Waals surface area contributed by atoms with Crippen molar-refractivity contribution in [2.75, 3.05) is 43.2 Å². The first-order valence-corrected chi connectivity index (χ1v) is 11.2. The maximum atomic E-state index is 12.4. The van der Waals surface area contributed by atoms with Gasteiger partial charge in [-0.25, -0.2) is 4.98 Å². The van der Waals surface area contributed by atoms with Crippen LogP contribution in [0.25, 0.3) is 0 Å². The molecule has 1 aliphatic rings. The number of aryl methyl sites for hydroxylation is 1. The molecule has 1 aromatic heterocycles. The van der Waals surface area contributed by atoms with Gasteiger partial charge in [-0.1, -0.05) is 23.2 Å². The Hall–Kier alpha value is -2.09. The molecule has 0 spiro atoms. The lowest BCUT2D eigenvalue weighted by atomic mass is 9.90. The van der Waals surface area contributed by atoms with Crippen LogP contribution in [0.4, 0.5) is 17.5 Å². The second kappa shape index (κ2) is 10.5. The summed E-state index contributed by atoms with van der Waals surface area (Å²) < 4.78 is 0. The van der Waals surface area contributed by atoms with Gasteiger partial charge in [0.15, 0.2) is 0 Å². The summed E-state index contributed by atoms with van der Waals surface area (Å²) in [4.78, 5) is 25.6. The largest absolute Gasteiger partial charge is 0.362 e. The van der Waals surface area contributed by atoms with Gasteiger partial charge in [0.25, 0.3) is 0 Å². The van der Waals surface area contributed by atoms with Gasteiger partial charge in [-0.15, -0.1) is 0 Å². The molecule has 9 heteroatoms. The summed E-state index contributed by atoms with van der Waals surface area (Å²) in [5, 5.41) is 7.25. The first-order valence-electron chi connectivity index (χ1n) is 10.5. The molecule has 1 aromatic carbocycles. The van der Waals surface area contributed by atoms with E-state index in [1.165, 1.54) is 0 Å². The summed E-state index contributed by atoms with van der Waals surface area (Å²) in [6.45, 7) is 2.34. The zero-order valence-electron chi connectivity index (χ0n) is 18.5. The number of hydrogen-bond donors (Lipinski definition) is 2. The Labute approximate surface area is 194 Å². The first-order chi connectivity index (χ1) is 14.7. The SMILES string of the molecule is Cc1cnc(N[C@H]2CC[C@@H](N(C)CC(=O)Nc3ccc(Cl)c(Cl)c3)CC2)nc1N(C)C. The van der Waals surface area contributed by atoms with Crippen LogP contribution in [0.1, 0.15) is 31.2 Å². The summed E-state index contributed by atoms with van der Waals surface area (Å²) in [6.07, 6.45) is 5.91. The van der Waals surface area contributed by atoms with Gasteiger partial charge in [0.2, 0.25) is 11.9 Å². The molecular formula is C22H30Cl2N6O. The molecule has 0 atom stereocenters. The molecule has 2 aromatic rings. The molecule has 1 amide bonds. The van der Waals surface area contributed by atoms with Crippen LogP contribution in [0.5, 0.6) is 0 Å². The van der Waals surface area contributed by atoms with E-state index in [4.69, 9.17) is 23.2 Å². The highest BCUT2D eigenvalue weighted by atomic mass is 35.5. The summed E-state index contributed by atoms with van der Waals surface area (Å²) >= 11 is 11.9. The van der Waals surface area contributed by atoms with Gasteiger partial charge in [0.1, 0.15) is 5.82 Å². The van der Waals surface area contributed by atoms with Gasteiger partial charge in [0.05, 0.1) is 16.6 Å². The van der Waals surface area contributed by atoms with Crippen molar-refractivity contribution in [1.29, 1.82) is 0 Å². The molecule has 7 nitrogen and oxygen atoms in total. The molecule has 0 radical (unpaired) electrons. The number of benzene rings is 1. The number of aromatic nitrogens is 2. The second-order valence-corrected chi connectivity index (χ2v) is 9.15. The van der Waals surface area contributed by atoms with Crippen molar-refractivity contribution in [1.82, 2.24) is 14.9 Å². The third kappa shape index (κ3) is 6.45. The van der Waals surface area contributed by atoms with Crippen LogP contribution in [0.3, 0.4) is 0 Å². The fourth-order valence-electron chi connectivity index (χ4n) is 3.93. The first kappa shape index (κ1) is 23.6. The van der Waals surface area contributed by atoms with Gasteiger partial charge < -0.3 is 15.5 Å². The Kier molecular flexibility index (Phi) is 7.97. The lowest BCUT2D eigenvalue weighted by Crippen LogP contribution is -2.42. The quantitative estimate of drug-likeness (QED) is 0.630. The predicted octanol–water partition coefficient (Wildman–Crippen LogP) is 4.45.